The van der Waals surface area contributed by atoms with Gasteiger partial charge >= 0.3 is 0 Å². The van der Waals surface area contributed by atoms with Crippen molar-refractivity contribution in [3.8, 4) is 0 Å². The predicted molar refractivity (Wildman–Crippen MR) is 107 cm³/mol. The van der Waals surface area contributed by atoms with E-state index in [0.717, 1.165) is 49.9 Å². The number of nitrogens with one attached hydrogen (secondary N) is 1. The third-order valence-electron chi connectivity index (χ3n) is 5.09. The maximum Gasteiger partial charge on any atom is 0.129 e. The predicted octanol–water partition coefficient (Wildman–Crippen LogP) is 2.82. The second kappa shape index (κ2) is 7.33. The number of benzene rings is 1. The molecule has 1 aliphatic heterocycles. The van der Waals surface area contributed by atoms with E-state index < -0.39 is 0 Å². The minimum atomic E-state index is 0.670. The minimum absolute atomic E-state index is 0.670. The van der Waals surface area contributed by atoms with Gasteiger partial charge in [-0.05, 0) is 38.2 Å². The topological polar surface area (TPSA) is 49.2 Å². The molecular weight excluding hydrogens is 324 g/mol. The number of rotatable bonds is 5. The molecule has 136 valence electrons. The summed E-state index contributed by atoms with van der Waals surface area (Å²) in [7, 11) is 2.17. The fourth-order valence-electron chi connectivity index (χ4n) is 3.53. The lowest BCUT2D eigenvalue weighted by atomic mass is 10.3. The monoisotopic (exact) mass is 350 g/mol. The number of nitrogens with zero attached hydrogens (tertiary/aromatic N) is 5. The van der Waals surface area contributed by atoms with Gasteiger partial charge < -0.3 is 19.7 Å². The number of pyridine rings is 1. The lowest BCUT2D eigenvalue weighted by Crippen LogP contribution is -2.44. The van der Waals surface area contributed by atoms with Gasteiger partial charge in [0.15, 0.2) is 0 Å². The molecule has 1 fully saturated rings. The molecule has 1 saturated heterocycles. The van der Waals surface area contributed by atoms with Gasteiger partial charge in [-0.2, -0.15) is 0 Å². The van der Waals surface area contributed by atoms with Crippen molar-refractivity contribution < 1.29 is 0 Å². The van der Waals surface area contributed by atoms with Crippen LogP contribution in [0.1, 0.15) is 12.7 Å². The van der Waals surface area contributed by atoms with Crippen molar-refractivity contribution in [2.24, 2.45) is 0 Å². The van der Waals surface area contributed by atoms with Gasteiger partial charge in [0.25, 0.3) is 0 Å². The zero-order valence-electron chi connectivity index (χ0n) is 15.5. The van der Waals surface area contributed by atoms with E-state index in [0.29, 0.717) is 6.54 Å². The average Bonchev–Trinajstić information content (AvgIpc) is 3.05. The summed E-state index contributed by atoms with van der Waals surface area (Å²) >= 11 is 0. The number of aryl methyl sites for hydroxylation is 1. The molecule has 2 aromatic heterocycles. The Hall–Kier alpha value is -2.60. The molecule has 1 aromatic carbocycles. The van der Waals surface area contributed by atoms with Gasteiger partial charge in [0, 0.05) is 32.7 Å². The molecule has 1 aliphatic rings. The summed E-state index contributed by atoms with van der Waals surface area (Å²) < 4.78 is 2.25. The van der Waals surface area contributed by atoms with Crippen LogP contribution in [0.4, 0.5) is 11.5 Å². The normalized spacial score (nSPS) is 15.5. The lowest BCUT2D eigenvalue weighted by molar-refractivity contribution is 0.313. The molecule has 4 rings (SSSR count). The van der Waals surface area contributed by atoms with Crippen LogP contribution in [0.25, 0.3) is 11.0 Å². The second-order valence-corrected chi connectivity index (χ2v) is 6.81. The molecule has 1 N–H and O–H groups in total. The van der Waals surface area contributed by atoms with E-state index in [1.54, 1.807) is 0 Å². The highest BCUT2D eigenvalue weighted by molar-refractivity contribution is 5.75. The lowest BCUT2D eigenvalue weighted by Gasteiger charge is -2.33. The molecular formula is C20H26N6. The van der Waals surface area contributed by atoms with Crippen LogP contribution in [0.2, 0.25) is 0 Å². The smallest absolute Gasteiger partial charge is 0.129 e. The molecule has 0 unspecified atom stereocenters. The Morgan fingerprint density at radius 3 is 2.58 bits per heavy atom. The Kier molecular flexibility index (Phi) is 4.75. The summed E-state index contributed by atoms with van der Waals surface area (Å²) in [4.78, 5) is 14.1. The van der Waals surface area contributed by atoms with E-state index in [-0.39, 0.29) is 0 Å². The average molecular weight is 350 g/mol. The summed E-state index contributed by atoms with van der Waals surface area (Å²) in [5.74, 6) is 1.93. The summed E-state index contributed by atoms with van der Waals surface area (Å²) in [6.07, 6.45) is 1.97. The molecule has 0 saturated carbocycles. The molecule has 3 aromatic rings. The van der Waals surface area contributed by atoms with Crippen LogP contribution in [0.3, 0.4) is 0 Å². The second-order valence-electron chi connectivity index (χ2n) is 6.81. The molecule has 0 aliphatic carbocycles. The van der Waals surface area contributed by atoms with E-state index in [2.05, 4.69) is 69.0 Å². The first-order chi connectivity index (χ1) is 12.7. The SMILES string of the molecule is CCn1c(CNc2ccc(N3CCN(C)CC3)cn2)nc2ccccc21. The molecule has 3 heterocycles. The number of anilines is 2. The van der Waals surface area contributed by atoms with Gasteiger partial charge in [-0.3, -0.25) is 0 Å². The Morgan fingerprint density at radius 1 is 1.04 bits per heavy atom. The van der Waals surface area contributed by atoms with Gasteiger partial charge in [-0.1, -0.05) is 12.1 Å². The third-order valence-corrected chi connectivity index (χ3v) is 5.09. The number of fused-ring (bicyclic) bond motifs is 1. The third kappa shape index (κ3) is 3.37. The molecule has 0 radical (unpaired) electrons. The van der Waals surface area contributed by atoms with E-state index in [4.69, 9.17) is 4.98 Å². The summed E-state index contributed by atoms with van der Waals surface area (Å²) in [6.45, 7) is 8.06. The van der Waals surface area contributed by atoms with Gasteiger partial charge in [-0.25, -0.2) is 9.97 Å². The van der Waals surface area contributed by atoms with Crippen LogP contribution < -0.4 is 10.2 Å². The Bertz CT molecular complexity index is 862. The number of piperazine rings is 1. The quantitative estimate of drug-likeness (QED) is 0.767. The molecule has 6 heteroatoms. The van der Waals surface area contributed by atoms with Crippen LogP contribution in [0.5, 0.6) is 0 Å². The maximum atomic E-state index is 4.76. The first-order valence-corrected chi connectivity index (χ1v) is 9.32. The van der Waals surface area contributed by atoms with Gasteiger partial charge in [0.2, 0.25) is 0 Å². The summed E-state index contributed by atoms with van der Waals surface area (Å²) in [5.41, 5.74) is 3.43. The molecule has 0 spiro atoms. The van der Waals surface area contributed by atoms with Crippen LogP contribution >= 0.6 is 0 Å². The molecule has 0 amide bonds. The summed E-state index contributed by atoms with van der Waals surface area (Å²) in [6, 6.07) is 12.5. The van der Waals surface area contributed by atoms with Gasteiger partial charge in [0.1, 0.15) is 11.6 Å². The highest BCUT2D eigenvalue weighted by Crippen LogP contribution is 2.19. The van der Waals surface area contributed by atoms with E-state index in [9.17, 15) is 0 Å². The van der Waals surface area contributed by atoms with Gasteiger partial charge in [-0.15, -0.1) is 0 Å². The Labute approximate surface area is 154 Å². The largest absolute Gasteiger partial charge is 0.368 e. The van der Waals surface area contributed by atoms with Crippen molar-refractivity contribution >= 4 is 22.5 Å². The zero-order valence-corrected chi connectivity index (χ0v) is 15.5. The fourth-order valence-corrected chi connectivity index (χ4v) is 3.53. The highest BCUT2D eigenvalue weighted by atomic mass is 15.2. The Balaban J connectivity index is 1.44. The van der Waals surface area contributed by atoms with E-state index in [1.165, 1.54) is 11.2 Å². The number of hydrogen-bond acceptors (Lipinski definition) is 5. The number of likely N-dealkylation sites (N-methyl/N-ethyl adjacent to an activating group) is 1. The summed E-state index contributed by atoms with van der Waals surface area (Å²) in [5, 5.41) is 3.41. The van der Waals surface area contributed by atoms with Crippen molar-refractivity contribution in [1.82, 2.24) is 19.4 Å². The van der Waals surface area contributed by atoms with Crippen molar-refractivity contribution in [3.05, 3.63) is 48.4 Å². The minimum Gasteiger partial charge on any atom is -0.368 e. The molecule has 26 heavy (non-hydrogen) atoms. The standard InChI is InChI=1S/C20H26N6/c1-3-26-18-7-5-4-6-17(18)23-20(26)15-22-19-9-8-16(14-21-19)25-12-10-24(2)11-13-25/h4-9,14H,3,10-13,15H2,1-2H3,(H,21,22). The number of hydrogen-bond donors (Lipinski definition) is 1. The molecule has 0 bridgehead atoms. The molecule has 6 nitrogen and oxygen atoms in total. The highest BCUT2D eigenvalue weighted by Gasteiger charge is 2.14. The first-order valence-electron chi connectivity index (χ1n) is 9.32. The van der Waals surface area contributed by atoms with Gasteiger partial charge in [0.05, 0.1) is 29.5 Å². The van der Waals surface area contributed by atoms with Crippen LogP contribution in [-0.2, 0) is 13.1 Å². The first kappa shape index (κ1) is 16.8. The van der Waals surface area contributed by atoms with E-state index >= 15 is 0 Å². The molecule has 0 atom stereocenters. The Morgan fingerprint density at radius 2 is 1.85 bits per heavy atom. The van der Waals surface area contributed by atoms with Crippen molar-refractivity contribution in [2.75, 3.05) is 43.4 Å². The fraction of sp³-hybridized carbons (Fsp3) is 0.400. The van der Waals surface area contributed by atoms with E-state index in [1.807, 2.05) is 12.3 Å². The number of aromatic nitrogens is 3. The van der Waals surface area contributed by atoms with Crippen molar-refractivity contribution in [1.29, 1.82) is 0 Å². The number of para-hydroxylation sites is 2. The van der Waals surface area contributed by atoms with Crippen molar-refractivity contribution in [3.63, 3.8) is 0 Å². The van der Waals surface area contributed by atoms with Crippen molar-refractivity contribution in [2.45, 2.75) is 20.0 Å². The van der Waals surface area contributed by atoms with Crippen LogP contribution in [0.15, 0.2) is 42.6 Å². The zero-order chi connectivity index (χ0) is 17.9. The van der Waals surface area contributed by atoms with Crippen LogP contribution in [0, 0.1) is 0 Å². The maximum absolute atomic E-state index is 4.76. The number of imidazole rings is 1. The van der Waals surface area contributed by atoms with Crippen LogP contribution in [-0.4, -0.2) is 52.7 Å².